The zero-order valence-corrected chi connectivity index (χ0v) is 22.1. The van der Waals surface area contributed by atoms with Gasteiger partial charge in [-0.05, 0) is 90.2 Å². The van der Waals surface area contributed by atoms with Crippen molar-refractivity contribution >= 4 is 10.9 Å². The van der Waals surface area contributed by atoms with Gasteiger partial charge < -0.3 is 9.40 Å². The fourth-order valence-electron chi connectivity index (χ4n) is 5.85. The van der Waals surface area contributed by atoms with Crippen molar-refractivity contribution in [2.24, 2.45) is 0 Å². The van der Waals surface area contributed by atoms with E-state index in [2.05, 4.69) is 31.5 Å². The van der Waals surface area contributed by atoms with Gasteiger partial charge in [-0.25, -0.2) is 9.07 Å². The van der Waals surface area contributed by atoms with E-state index in [9.17, 15) is 9.18 Å². The van der Waals surface area contributed by atoms with Gasteiger partial charge in [-0.3, -0.25) is 9.69 Å². The minimum atomic E-state index is -0.579. The van der Waals surface area contributed by atoms with Crippen molar-refractivity contribution in [2.75, 3.05) is 0 Å². The lowest BCUT2D eigenvalue weighted by molar-refractivity contribution is 0.176. The normalized spacial score (nSPS) is 15.0. The van der Waals surface area contributed by atoms with Gasteiger partial charge in [0.2, 0.25) is 0 Å². The third-order valence-corrected chi connectivity index (χ3v) is 7.67. The van der Waals surface area contributed by atoms with Crippen LogP contribution in [-0.4, -0.2) is 30.1 Å². The average Bonchev–Trinajstić information content (AvgIpc) is 3.69. The molecule has 0 amide bonds. The predicted molar refractivity (Wildman–Crippen MR) is 146 cm³/mol. The molecule has 0 spiro atoms. The smallest absolute Gasteiger partial charge is 0.253 e. The number of rotatable bonds is 8. The molecule has 5 aromatic rings. The van der Waals surface area contributed by atoms with Crippen LogP contribution in [0.3, 0.4) is 0 Å². The fraction of sp³-hybridized carbons (Fsp3) is 0.333. The topological polar surface area (TPSA) is 92.8 Å². The molecular formula is C30H31FN6O2. The molecule has 6 rings (SSSR count). The van der Waals surface area contributed by atoms with E-state index in [1.54, 1.807) is 18.4 Å². The minimum absolute atomic E-state index is 0.178. The van der Waals surface area contributed by atoms with E-state index >= 15 is 0 Å². The molecule has 39 heavy (non-hydrogen) atoms. The number of hydrogen-bond donors (Lipinski definition) is 1. The van der Waals surface area contributed by atoms with Gasteiger partial charge >= 0.3 is 0 Å². The van der Waals surface area contributed by atoms with Crippen LogP contribution >= 0.6 is 0 Å². The third-order valence-electron chi connectivity index (χ3n) is 7.67. The highest BCUT2D eigenvalue weighted by molar-refractivity contribution is 5.83. The molecule has 1 saturated carbocycles. The van der Waals surface area contributed by atoms with Crippen molar-refractivity contribution in [2.45, 2.75) is 64.7 Å². The van der Waals surface area contributed by atoms with E-state index in [0.717, 1.165) is 59.0 Å². The highest BCUT2D eigenvalue weighted by Crippen LogP contribution is 2.35. The van der Waals surface area contributed by atoms with E-state index in [1.165, 1.54) is 12.1 Å². The summed E-state index contributed by atoms with van der Waals surface area (Å²) in [6, 6.07) is 15.9. The quantitative estimate of drug-likeness (QED) is 0.276. The van der Waals surface area contributed by atoms with Crippen LogP contribution in [-0.2, 0) is 13.1 Å². The number of tetrazole rings is 1. The highest BCUT2D eigenvalue weighted by Gasteiger charge is 2.34. The molecule has 1 aliphatic carbocycles. The first kappa shape index (κ1) is 25.2. The molecular weight excluding hydrogens is 495 g/mol. The molecule has 3 aromatic heterocycles. The number of aromatic amines is 1. The molecule has 0 saturated heterocycles. The Labute approximate surface area is 225 Å². The molecule has 0 unspecified atom stereocenters. The molecule has 0 radical (unpaired) electrons. The molecule has 1 fully saturated rings. The zero-order chi connectivity index (χ0) is 26.9. The number of nitrogens with one attached hydrogen (secondary N) is 1. The van der Waals surface area contributed by atoms with Crippen molar-refractivity contribution < 1.29 is 8.81 Å². The Kier molecular flexibility index (Phi) is 6.83. The summed E-state index contributed by atoms with van der Waals surface area (Å²) in [6.07, 6.45) is 5.86. The number of aromatic nitrogens is 5. The van der Waals surface area contributed by atoms with Gasteiger partial charge in [0.25, 0.3) is 5.56 Å². The molecule has 0 aliphatic heterocycles. The Hall–Kier alpha value is -4.11. The second-order valence-corrected chi connectivity index (χ2v) is 10.5. The van der Waals surface area contributed by atoms with E-state index in [0.29, 0.717) is 24.5 Å². The Bertz CT molecular complexity index is 1630. The summed E-state index contributed by atoms with van der Waals surface area (Å²) in [6.45, 7) is 4.89. The minimum Gasteiger partial charge on any atom is -0.468 e. The van der Waals surface area contributed by atoms with E-state index < -0.39 is 6.04 Å². The van der Waals surface area contributed by atoms with Crippen molar-refractivity contribution in [3.05, 3.63) is 111 Å². The first-order valence-corrected chi connectivity index (χ1v) is 13.4. The Morgan fingerprint density at radius 3 is 2.64 bits per heavy atom. The predicted octanol–water partition coefficient (Wildman–Crippen LogP) is 5.77. The summed E-state index contributed by atoms with van der Waals surface area (Å²) in [4.78, 5) is 19.0. The van der Waals surface area contributed by atoms with E-state index in [1.807, 2.05) is 42.8 Å². The van der Waals surface area contributed by atoms with Gasteiger partial charge in [-0.2, -0.15) is 0 Å². The number of benzene rings is 2. The number of pyridine rings is 1. The van der Waals surface area contributed by atoms with E-state index in [-0.39, 0.29) is 17.4 Å². The Morgan fingerprint density at radius 2 is 1.90 bits per heavy atom. The van der Waals surface area contributed by atoms with Crippen molar-refractivity contribution in [3.63, 3.8) is 0 Å². The van der Waals surface area contributed by atoms with Crippen LogP contribution in [0.5, 0.6) is 0 Å². The molecule has 8 nitrogen and oxygen atoms in total. The Morgan fingerprint density at radius 1 is 1.10 bits per heavy atom. The summed E-state index contributed by atoms with van der Waals surface area (Å²) >= 11 is 0. The van der Waals surface area contributed by atoms with Crippen LogP contribution < -0.4 is 5.56 Å². The summed E-state index contributed by atoms with van der Waals surface area (Å²) in [5.74, 6) is 1.06. The molecule has 1 atom stereocenters. The lowest BCUT2D eigenvalue weighted by atomic mass is 9.99. The van der Waals surface area contributed by atoms with Gasteiger partial charge in [-0.15, -0.1) is 5.10 Å². The number of halogens is 1. The average molecular weight is 527 g/mol. The molecule has 9 heteroatoms. The van der Waals surface area contributed by atoms with Gasteiger partial charge in [0, 0.05) is 23.0 Å². The van der Waals surface area contributed by atoms with Crippen LogP contribution in [0.2, 0.25) is 0 Å². The van der Waals surface area contributed by atoms with Gasteiger partial charge in [0.15, 0.2) is 5.82 Å². The standard InChI is InChI=1S/C30H31FN6O2/c1-19-14-20(2)25-16-26(30(38)32-27(25)15-19)28(29-33-34-35-37(29)23-6-3-4-7-23)36(18-24-8-5-13-39-24)17-21-9-11-22(31)12-10-21/h5,8-16,23,28H,3-4,6-7,17-18H2,1-2H3,(H,32,38)/t28-/m1/s1. The van der Waals surface area contributed by atoms with Crippen LogP contribution in [0.4, 0.5) is 4.39 Å². The summed E-state index contributed by atoms with van der Waals surface area (Å²) in [5, 5.41) is 14.0. The third kappa shape index (κ3) is 5.14. The van der Waals surface area contributed by atoms with Crippen LogP contribution in [0.15, 0.2) is 70.1 Å². The lowest BCUT2D eigenvalue weighted by Crippen LogP contribution is -2.35. The number of furan rings is 1. The van der Waals surface area contributed by atoms with Crippen LogP contribution in [0, 0.1) is 19.7 Å². The fourth-order valence-corrected chi connectivity index (χ4v) is 5.85. The molecule has 200 valence electrons. The highest BCUT2D eigenvalue weighted by atomic mass is 19.1. The maximum atomic E-state index is 13.8. The number of aryl methyl sites for hydroxylation is 2. The lowest BCUT2D eigenvalue weighted by Gasteiger charge is -2.31. The largest absolute Gasteiger partial charge is 0.468 e. The monoisotopic (exact) mass is 526 g/mol. The number of fused-ring (bicyclic) bond motifs is 1. The molecule has 2 aromatic carbocycles. The second kappa shape index (κ2) is 10.6. The van der Waals surface area contributed by atoms with Crippen LogP contribution in [0.25, 0.3) is 10.9 Å². The van der Waals surface area contributed by atoms with Crippen molar-refractivity contribution in [1.29, 1.82) is 0 Å². The number of hydrogen-bond acceptors (Lipinski definition) is 6. The zero-order valence-electron chi connectivity index (χ0n) is 22.1. The summed E-state index contributed by atoms with van der Waals surface area (Å²) in [7, 11) is 0. The first-order valence-electron chi connectivity index (χ1n) is 13.4. The van der Waals surface area contributed by atoms with Gasteiger partial charge in [0.05, 0.1) is 18.8 Å². The second-order valence-electron chi connectivity index (χ2n) is 10.5. The SMILES string of the molecule is Cc1cc(C)c2cc([C@H](c3nnnn3C3CCCC3)N(Cc3ccc(F)cc3)Cc3ccco3)c(=O)[nH]c2c1. The molecule has 1 aliphatic rings. The number of nitrogens with zero attached hydrogens (tertiary/aromatic N) is 5. The summed E-state index contributed by atoms with van der Waals surface area (Å²) < 4.78 is 21.4. The summed E-state index contributed by atoms with van der Waals surface area (Å²) in [5.41, 5.74) is 4.22. The maximum absolute atomic E-state index is 13.8. The van der Waals surface area contributed by atoms with Gasteiger partial charge in [-0.1, -0.05) is 31.0 Å². The molecule has 0 bridgehead atoms. The van der Waals surface area contributed by atoms with Crippen LogP contribution in [0.1, 0.15) is 71.6 Å². The first-order chi connectivity index (χ1) is 19.0. The van der Waals surface area contributed by atoms with Crippen molar-refractivity contribution in [3.8, 4) is 0 Å². The van der Waals surface area contributed by atoms with Gasteiger partial charge in [0.1, 0.15) is 17.6 Å². The Balaban J connectivity index is 1.54. The van der Waals surface area contributed by atoms with Crippen molar-refractivity contribution in [1.82, 2.24) is 30.1 Å². The van der Waals surface area contributed by atoms with E-state index in [4.69, 9.17) is 4.42 Å². The number of H-pyrrole nitrogens is 1. The molecule has 3 heterocycles. The maximum Gasteiger partial charge on any atom is 0.253 e. The molecule has 1 N–H and O–H groups in total.